The number of nitrogens with zero attached hydrogens (tertiary/aromatic N) is 2. The molecule has 1 aliphatic rings. The first-order chi connectivity index (χ1) is 8.08. The molecule has 1 aromatic carbocycles. The molecule has 2 rings (SSSR count). The van der Waals surface area contributed by atoms with Gasteiger partial charge in [-0.3, -0.25) is 14.9 Å². The molecule has 0 aromatic heterocycles. The number of hydrogen-bond acceptors (Lipinski definition) is 4. The SMILES string of the molecule is NC1CCN(Cc2ccc([N+](=O)[O-])cc2)C1=O. The predicted octanol–water partition coefficient (Wildman–Crippen LogP) is 0.654. The van der Waals surface area contributed by atoms with E-state index in [-0.39, 0.29) is 11.6 Å². The lowest BCUT2D eigenvalue weighted by atomic mass is 10.2. The van der Waals surface area contributed by atoms with Crippen molar-refractivity contribution in [3.8, 4) is 0 Å². The highest BCUT2D eigenvalue weighted by Crippen LogP contribution is 2.16. The second-order valence-electron chi connectivity index (χ2n) is 4.08. The van der Waals surface area contributed by atoms with Crippen molar-refractivity contribution in [2.45, 2.75) is 19.0 Å². The van der Waals surface area contributed by atoms with Crippen LogP contribution in [0.5, 0.6) is 0 Å². The van der Waals surface area contributed by atoms with Gasteiger partial charge in [-0.1, -0.05) is 12.1 Å². The number of carbonyl (C=O) groups excluding carboxylic acids is 1. The third-order valence-corrected chi connectivity index (χ3v) is 2.86. The maximum Gasteiger partial charge on any atom is 0.269 e. The van der Waals surface area contributed by atoms with E-state index in [2.05, 4.69) is 0 Å². The fourth-order valence-electron chi connectivity index (χ4n) is 1.86. The Morgan fingerprint density at radius 1 is 1.41 bits per heavy atom. The summed E-state index contributed by atoms with van der Waals surface area (Å²) in [4.78, 5) is 23.3. The number of benzene rings is 1. The zero-order valence-corrected chi connectivity index (χ0v) is 9.20. The van der Waals surface area contributed by atoms with Gasteiger partial charge < -0.3 is 10.6 Å². The number of rotatable bonds is 3. The van der Waals surface area contributed by atoms with Crippen LogP contribution in [0.2, 0.25) is 0 Å². The minimum absolute atomic E-state index is 0.0525. The smallest absolute Gasteiger partial charge is 0.269 e. The van der Waals surface area contributed by atoms with E-state index in [4.69, 9.17) is 5.73 Å². The first-order valence-corrected chi connectivity index (χ1v) is 5.35. The Labute approximate surface area is 98.2 Å². The third kappa shape index (κ3) is 2.42. The van der Waals surface area contributed by atoms with Crippen LogP contribution in [0.15, 0.2) is 24.3 Å². The maximum atomic E-state index is 11.6. The Morgan fingerprint density at radius 2 is 2.06 bits per heavy atom. The third-order valence-electron chi connectivity index (χ3n) is 2.86. The van der Waals surface area contributed by atoms with E-state index in [0.29, 0.717) is 19.5 Å². The Balaban J connectivity index is 2.04. The van der Waals surface area contributed by atoms with Crippen LogP contribution in [0.4, 0.5) is 5.69 Å². The van der Waals surface area contributed by atoms with Crippen LogP contribution in [-0.2, 0) is 11.3 Å². The molecule has 6 heteroatoms. The highest BCUT2D eigenvalue weighted by molar-refractivity contribution is 5.83. The molecule has 1 fully saturated rings. The van der Waals surface area contributed by atoms with Crippen molar-refractivity contribution in [1.82, 2.24) is 4.90 Å². The van der Waals surface area contributed by atoms with Gasteiger partial charge in [0, 0.05) is 25.2 Å². The Hall–Kier alpha value is -1.95. The molecule has 0 radical (unpaired) electrons. The standard InChI is InChI=1S/C11H13N3O3/c12-10-5-6-13(11(10)15)7-8-1-3-9(4-2-8)14(16)17/h1-4,10H,5-7,12H2. The highest BCUT2D eigenvalue weighted by atomic mass is 16.6. The monoisotopic (exact) mass is 235 g/mol. The molecule has 0 saturated carbocycles. The van der Waals surface area contributed by atoms with Crippen molar-refractivity contribution < 1.29 is 9.72 Å². The number of nitro groups is 1. The van der Waals surface area contributed by atoms with Crippen LogP contribution in [0, 0.1) is 10.1 Å². The number of amides is 1. The molecule has 0 aliphatic carbocycles. The number of nitrogens with two attached hydrogens (primary N) is 1. The normalized spacial score (nSPS) is 19.7. The number of hydrogen-bond donors (Lipinski definition) is 1. The van der Waals surface area contributed by atoms with E-state index in [9.17, 15) is 14.9 Å². The van der Waals surface area contributed by atoms with Crippen molar-refractivity contribution in [3.05, 3.63) is 39.9 Å². The van der Waals surface area contributed by atoms with E-state index in [1.807, 2.05) is 0 Å². The first-order valence-electron chi connectivity index (χ1n) is 5.35. The molecule has 1 aromatic rings. The quantitative estimate of drug-likeness (QED) is 0.615. The number of carbonyl (C=O) groups is 1. The minimum Gasteiger partial charge on any atom is -0.337 e. The maximum absolute atomic E-state index is 11.6. The van der Waals surface area contributed by atoms with Crippen LogP contribution in [-0.4, -0.2) is 28.3 Å². The summed E-state index contributed by atoms with van der Waals surface area (Å²) in [5.41, 5.74) is 6.53. The van der Waals surface area contributed by atoms with Gasteiger partial charge >= 0.3 is 0 Å². The molecule has 1 aliphatic heterocycles. The second-order valence-corrected chi connectivity index (χ2v) is 4.08. The average Bonchev–Trinajstić information content (AvgIpc) is 2.62. The van der Waals surface area contributed by atoms with Crippen LogP contribution >= 0.6 is 0 Å². The van der Waals surface area contributed by atoms with E-state index < -0.39 is 11.0 Å². The molecular formula is C11H13N3O3. The van der Waals surface area contributed by atoms with Crippen LogP contribution in [0.1, 0.15) is 12.0 Å². The largest absolute Gasteiger partial charge is 0.337 e. The molecular weight excluding hydrogens is 222 g/mol. The van der Waals surface area contributed by atoms with Crippen molar-refractivity contribution in [1.29, 1.82) is 0 Å². The van der Waals surface area contributed by atoms with Crippen molar-refractivity contribution in [2.75, 3.05) is 6.54 Å². The fraction of sp³-hybridized carbons (Fsp3) is 0.364. The zero-order valence-electron chi connectivity index (χ0n) is 9.20. The van der Waals surface area contributed by atoms with E-state index in [1.165, 1.54) is 12.1 Å². The van der Waals surface area contributed by atoms with Crippen molar-refractivity contribution in [2.24, 2.45) is 5.73 Å². The lowest BCUT2D eigenvalue weighted by Gasteiger charge is -2.15. The van der Waals surface area contributed by atoms with E-state index in [1.54, 1.807) is 17.0 Å². The van der Waals surface area contributed by atoms with Gasteiger partial charge in [0.2, 0.25) is 5.91 Å². The molecule has 90 valence electrons. The second kappa shape index (κ2) is 4.50. The molecule has 1 amide bonds. The number of non-ortho nitro benzene ring substituents is 1. The number of nitro benzene ring substituents is 1. The lowest BCUT2D eigenvalue weighted by Crippen LogP contribution is -2.33. The molecule has 1 atom stereocenters. The minimum atomic E-state index is -0.444. The summed E-state index contributed by atoms with van der Waals surface area (Å²) in [5.74, 6) is -0.0525. The van der Waals surface area contributed by atoms with Gasteiger partial charge in [-0.05, 0) is 12.0 Å². The predicted molar refractivity (Wildman–Crippen MR) is 61.1 cm³/mol. The number of likely N-dealkylation sites (tertiary alicyclic amines) is 1. The van der Waals surface area contributed by atoms with Crippen LogP contribution in [0.3, 0.4) is 0 Å². The summed E-state index contributed by atoms with van der Waals surface area (Å²) in [6.45, 7) is 1.11. The van der Waals surface area contributed by atoms with E-state index in [0.717, 1.165) is 5.56 Å². The van der Waals surface area contributed by atoms with Crippen LogP contribution in [0.25, 0.3) is 0 Å². The molecule has 2 N–H and O–H groups in total. The molecule has 0 bridgehead atoms. The van der Waals surface area contributed by atoms with Gasteiger partial charge in [0.25, 0.3) is 5.69 Å². The summed E-state index contributed by atoms with van der Waals surface area (Å²) < 4.78 is 0. The molecule has 6 nitrogen and oxygen atoms in total. The van der Waals surface area contributed by atoms with Gasteiger partial charge in [-0.2, -0.15) is 0 Å². The summed E-state index contributed by atoms with van der Waals surface area (Å²) in [6.07, 6.45) is 0.672. The van der Waals surface area contributed by atoms with E-state index >= 15 is 0 Å². The summed E-state index contributed by atoms with van der Waals surface area (Å²) >= 11 is 0. The Morgan fingerprint density at radius 3 is 2.53 bits per heavy atom. The highest BCUT2D eigenvalue weighted by Gasteiger charge is 2.28. The molecule has 17 heavy (non-hydrogen) atoms. The zero-order chi connectivity index (χ0) is 12.4. The molecule has 1 unspecified atom stereocenters. The van der Waals surface area contributed by atoms with Gasteiger partial charge in [-0.15, -0.1) is 0 Å². The van der Waals surface area contributed by atoms with Crippen molar-refractivity contribution >= 4 is 11.6 Å². The summed E-state index contributed by atoms with van der Waals surface area (Å²) in [5, 5.41) is 10.5. The fourth-order valence-corrected chi connectivity index (χ4v) is 1.86. The van der Waals surface area contributed by atoms with Gasteiger partial charge in [0.05, 0.1) is 11.0 Å². The van der Waals surface area contributed by atoms with Crippen LogP contribution < -0.4 is 5.73 Å². The molecule has 1 heterocycles. The van der Waals surface area contributed by atoms with Crippen molar-refractivity contribution in [3.63, 3.8) is 0 Å². The summed E-state index contributed by atoms with van der Waals surface area (Å²) in [6, 6.07) is 5.81. The Kier molecular flexibility index (Phi) is 3.06. The first kappa shape index (κ1) is 11.5. The molecule has 0 spiro atoms. The van der Waals surface area contributed by atoms with Gasteiger partial charge in [0.15, 0.2) is 0 Å². The summed E-state index contributed by atoms with van der Waals surface area (Å²) in [7, 11) is 0. The van der Waals surface area contributed by atoms with Gasteiger partial charge in [0.1, 0.15) is 0 Å². The Bertz CT molecular complexity index is 444. The molecule has 1 saturated heterocycles. The lowest BCUT2D eigenvalue weighted by molar-refractivity contribution is -0.384. The topological polar surface area (TPSA) is 89.5 Å². The van der Waals surface area contributed by atoms with Gasteiger partial charge in [-0.25, -0.2) is 0 Å². The average molecular weight is 235 g/mol.